The van der Waals surface area contributed by atoms with Crippen molar-refractivity contribution in [1.29, 1.82) is 0 Å². The second kappa shape index (κ2) is 29.6. The van der Waals surface area contributed by atoms with Gasteiger partial charge in [-0.1, -0.05) is 245 Å². The molecule has 0 N–H and O–H groups in total. The Bertz CT molecular complexity index is 2760. The number of hydrogen-bond acceptors (Lipinski definition) is 10. The van der Waals surface area contributed by atoms with Crippen molar-refractivity contribution in [3.8, 4) is 22.3 Å². The van der Waals surface area contributed by atoms with E-state index in [9.17, 15) is 0 Å². The van der Waals surface area contributed by atoms with E-state index < -0.39 is 47.5 Å². The summed E-state index contributed by atoms with van der Waals surface area (Å²) in [5.41, 5.74) is 5.25. The molecule has 0 radical (unpaired) electrons. The third-order valence-corrected chi connectivity index (χ3v) is 22.9. The van der Waals surface area contributed by atoms with E-state index in [4.69, 9.17) is 36.1 Å². The molecular formula is C72H110B2F2N4O4S2. The zero-order valence-electron chi connectivity index (χ0n) is 55.8. The fourth-order valence-electron chi connectivity index (χ4n) is 15.3. The van der Waals surface area contributed by atoms with Crippen LogP contribution in [0.25, 0.3) is 44.3 Å². The van der Waals surface area contributed by atoms with Crippen LogP contribution < -0.4 is 10.9 Å². The van der Waals surface area contributed by atoms with Crippen LogP contribution in [-0.2, 0) is 29.4 Å². The molecule has 2 saturated heterocycles. The Labute approximate surface area is 528 Å². The highest BCUT2D eigenvalue weighted by atomic mass is 32.1. The summed E-state index contributed by atoms with van der Waals surface area (Å²) in [6, 6.07) is 4.48. The second-order valence-corrected chi connectivity index (χ2v) is 30.1. The molecule has 86 heavy (non-hydrogen) atoms. The third kappa shape index (κ3) is 13.7. The van der Waals surface area contributed by atoms with Gasteiger partial charge >= 0.3 is 14.2 Å². The zero-order valence-corrected chi connectivity index (χ0v) is 57.4. The van der Waals surface area contributed by atoms with E-state index in [1.54, 1.807) is 0 Å². The average molecular weight is 1220 g/mol. The van der Waals surface area contributed by atoms with Gasteiger partial charge in [0, 0.05) is 55.1 Å². The smallest absolute Gasteiger partial charge is 0.399 e. The monoisotopic (exact) mass is 1220 g/mol. The second-order valence-electron chi connectivity index (χ2n) is 29.1. The summed E-state index contributed by atoms with van der Waals surface area (Å²) in [5, 5.41) is 0. The molecule has 4 heterocycles. The Hall–Kier alpha value is -2.87. The highest BCUT2D eigenvalue weighted by Crippen LogP contribution is 2.65. The van der Waals surface area contributed by atoms with E-state index in [0.717, 1.165) is 134 Å². The minimum atomic E-state index is -0.867. The van der Waals surface area contributed by atoms with Gasteiger partial charge in [0.05, 0.1) is 45.9 Å². The summed E-state index contributed by atoms with van der Waals surface area (Å²) in [6.07, 6.45) is 39.7. The van der Waals surface area contributed by atoms with E-state index in [1.165, 1.54) is 128 Å². The minimum Gasteiger partial charge on any atom is -0.399 e. The standard InChI is InChI=1S/C72H110B2F2N4O4S2/c1-13-17-21-25-29-33-37-41-45-71(46-42-38-34-30-26-22-18-14-2)51-49-53(73-81-67(5,6)68(7,8)82-73)63-65(79-85-77-63)55(51)57-59(71)61(75)58-56-52(50-54(64-66(56)80-86-78-64)74-83-69(9,10)70(11,12)84-74)72(60(58)62(57)76,47-43-39-35-31-27-23-19-15-3)48-44-40-36-32-28-24-20-16-4/h49-50H,13-48H2,1-12H3. The van der Waals surface area contributed by atoms with Crippen LogP contribution in [0.1, 0.15) is 336 Å². The molecule has 5 aromatic rings. The van der Waals surface area contributed by atoms with Gasteiger partial charge in [0.25, 0.3) is 0 Å². The Morgan fingerprint density at radius 1 is 0.337 bits per heavy atom. The van der Waals surface area contributed by atoms with Crippen molar-refractivity contribution in [2.75, 3.05) is 0 Å². The van der Waals surface area contributed by atoms with Crippen molar-refractivity contribution in [3.63, 3.8) is 0 Å². The van der Waals surface area contributed by atoms with Crippen molar-refractivity contribution < 1.29 is 27.4 Å². The van der Waals surface area contributed by atoms with Gasteiger partial charge in [0.2, 0.25) is 0 Å². The quantitative estimate of drug-likeness (QED) is 0.0285. The zero-order chi connectivity index (χ0) is 61.3. The van der Waals surface area contributed by atoms with Gasteiger partial charge in [-0.25, -0.2) is 8.78 Å². The molecular weight excluding hydrogens is 1110 g/mol. The summed E-state index contributed by atoms with van der Waals surface area (Å²) in [5.74, 6) is -0.569. The maximum atomic E-state index is 20.4. The van der Waals surface area contributed by atoms with E-state index in [1.807, 2.05) is 0 Å². The van der Waals surface area contributed by atoms with Gasteiger partial charge in [-0.3, -0.25) is 0 Å². The molecule has 2 fully saturated rings. The number of unbranched alkanes of at least 4 members (excludes halogenated alkanes) is 28. The van der Waals surface area contributed by atoms with Crippen LogP contribution in [0, 0.1) is 11.6 Å². The third-order valence-electron chi connectivity index (χ3n) is 21.8. The van der Waals surface area contributed by atoms with Gasteiger partial charge in [0.15, 0.2) is 0 Å². The Balaban J connectivity index is 1.28. The molecule has 3 aromatic carbocycles. The summed E-state index contributed by atoms with van der Waals surface area (Å²) in [7, 11) is -1.46. The number of fused-ring (bicyclic) bond motifs is 10. The summed E-state index contributed by atoms with van der Waals surface area (Å²) in [6.45, 7) is 25.8. The SMILES string of the molecule is CCCCCCCCCCC1(CCCCCCCCCC)c2cc(B3OC(C)(C)C(C)(C)O3)c3nsnc3c2-c2c(F)c3c(c(F)c21)-c1c(cc(B2OC(C)(C)C(C)(C)O2)c2nsnc12)C3(CCCCCCCCCC)CCCCCCCCCC. The normalized spacial score (nSPS) is 18.3. The molecule has 2 aliphatic carbocycles. The number of aromatic nitrogens is 4. The van der Waals surface area contributed by atoms with Crippen molar-refractivity contribution in [2.45, 2.75) is 347 Å². The molecule has 0 atom stereocenters. The molecule has 8 nitrogen and oxygen atoms in total. The maximum absolute atomic E-state index is 20.4. The van der Waals surface area contributed by atoms with Crippen LogP contribution in [0.4, 0.5) is 8.78 Å². The Morgan fingerprint density at radius 2 is 0.570 bits per heavy atom. The number of nitrogens with zero attached hydrogens (tertiary/aromatic N) is 4. The molecule has 0 spiro atoms. The highest BCUT2D eigenvalue weighted by molar-refractivity contribution is 7.00. The first-order valence-corrected chi connectivity index (χ1v) is 36.7. The average Bonchev–Trinajstić information content (AvgIpc) is 1.51. The lowest BCUT2D eigenvalue weighted by Gasteiger charge is -2.35. The maximum Gasteiger partial charge on any atom is 0.497 e. The van der Waals surface area contributed by atoms with Crippen LogP contribution in [0.5, 0.6) is 0 Å². The molecule has 14 heteroatoms. The number of halogens is 2. The van der Waals surface area contributed by atoms with Crippen molar-refractivity contribution in [3.05, 3.63) is 46.0 Å². The fraction of sp³-hybridized carbons (Fsp3) is 0.750. The summed E-state index contributed by atoms with van der Waals surface area (Å²) in [4.78, 5) is 0. The molecule has 0 amide bonds. The molecule has 0 unspecified atom stereocenters. The predicted octanol–water partition coefficient (Wildman–Crippen LogP) is 21.2. The van der Waals surface area contributed by atoms with Gasteiger partial charge in [0.1, 0.15) is 33.7 Å². The van der Waals surface area contributed by atoms with E-state index >= 15 is 8.78 Å². The molecule has 0 saturated carbocycles. The molecule has 0 bridgehead atoms. The molecule has 2 aromatic heterocycles. The van der Waals surface area contributed by atoms with Crippen LogP contribution >= 0.6 is 23.5 Å². The summed E-state index contributed by atoms with van der Waals surface area (Å²) < 4.78 is 89.0. The van der Waals surface area contributed by atoms with Crippen LogP contribution in [0.15, 0.2) is 12.1 Å². The van der Waals surface area contributed by atoms with Crippen molar-refractivity contribution in [2.24, 2.45) is 0 Å². The Morgan fingerprint density at radius 3 is 0.826 bits per heavy atom. The minimum absolute atomic E-state index is 0.284. The molecule has 4 aliphatic rings. The first-order chi connectivity index (χ1) is 41.4. The molecule has 2 aliphatic heterocycles. The van der Waals surface area contributed by atoms with E-state index in [2.05, 4.69) is 95.2 Å². The molecule has 474 valence electrons. The predicted molar refractivity (Wildman–Crippen MR) is 361 cm³/mol. The Kier molecular flexibility index (Phi) is 23.2. The van der Waals surface area contributed by atoms with Crippen LogP contribution in [0.2, 0.25) is 0 Å². The van der Waals surface area contributed by atoms with Crippen LogP contribution in [0.3, 0.4) is 0 Å². The van der Waals surface area contributed by atoms with Gasteiger partial charge in [-0.05, 0) is 92.2 Å². The number of benzene rings is 3. The van der Waals surface area contributed by atoms with Crippen LogP contribution in [-0.4, -0.2) is 54.1 Å². The van der Waals surface area contributed by atoms with Gasteiger partial charge in [-0.2, -0.15) is 17.5 Å². The summed E-state index contributed by atoms with van der Waals surface area (Å²) >= 11 is 2.30. The lowest BCUT2D eigenvalue weighted by Crippen LogP contribution is -2.41. The van der Waals surface area contributed by atoms with Crippen molar-refractivity contribution in [1.82, 2.24) is 17.5 Å². The highest BCUT2D eigenvalue weighted by Gasteiger charge is 2.58. The van der Waals surface area contributed by atoms with Crippen molar-refractivity contribution >= 4 is 70.7 Å². The van der Waals surface area contributed by atoms with Gasteiger partial charge in [-0.15, -0.1) is 0 Å². The first kappa shape index (κ1) is 67.5. The number of hydrogen-bond donors (Lipinski definition) is 0. The molecule has 9 rings (SSSR count). The largest absolute Gasteiger partial charge is 0.497 e. The lowest BCUT2D eigenvalue weighted by molar-refractivity contribution is 0.00578. The first-order valence-electron chi connectivity index (χ1n) is 35.2. The number of rotatable bonds is 38. The lowest BCUT2D eigenvalue weighted by atomic mass is 9.66. The van der Waals surface area contributed by atoms with E-state index in [-0.39, 0.29) is 11.6 Å². The van der Waals surface area contributed by atoms with E-state index in [0.29, 0.717) is 70.0 Å². The fourth-order valence-corrected chi connectivity index (χ4v) is 16.5. The van der Waals surface area contributed by atoms with Gasteiger partial charge < -0.3 is 18.6 Å². The topological polar surface area (TPSA) is 88.5 Å².